The number of ether oxygens (including phenoxy) is 1. The van der Waals surface area contributed by atoms with Crippen LogP contribution in [0.3, 0.4) is 0 Å². The van der Waals surface area contributed by atoms with Gasteiger partial charge in [0.1, 0.15) is 11.4 Å². The van der Waals surface area contributed by atoms with E-state index in [2.05, 4.69) is 20.5 Å². The van der Waals surface area contributed by atoms with Gasteiger partial charge in [0.05, 0.1) is 18.0 Å². The highest BCUT2D eigenvalue weighted by molar-refractivity contribution is 7.99. The molecule has 0 fully saturated rings. The first-order valence-corrected chi connectivity index (χ1v) is 10.6. The third-order valence-electron chi connectivity index (χ3n) is 4.29. The molecule has 0 saturated carbocycles. The lowest BCUT2D eigenvalue weighted by atomic mass is 10.2. The average Bonchev–Trinajstić information content (AvgIpc) is 3.17. The second kappa shape index (κ2) is 10.1. The molecule has 0 unspecified atom stereocenters. The maximum atomic E-state index is 12.2. The van der Waals surface area contributed by atoms with Gasteiger partial charge in [0, 0.05) is 12.2 Å². The molecule has 0 aliphatic heterocycles. The van der Waals surface area contributed by atoms with E-state index in [-0.39, 0.29) is 17.7 Å². The highest BCUT2D eigenvalue weighted by Crippen LogP contribution is 2.28. The Morgan fingerprint density at radius 3 is 2.62 bits per heavy atom. The van der Waals surface area contributed by atoms with Crippen LogP contribution in [0.25, 0.3) is 17.2 Å². The van der Waals surface area contributed by atoms with Crippen molar-refractivity contribution in [2.24, 2.45) is 0 Å². The molecule has 8 heteroatoms. The third kappa shape index (κ3) is 5.35. The van der Waals surface area contributed by atoms with E-state index in [1.807, 2.05) is 67.8 Å². The minimum atomic E-state index is -0.0232. The molecule has 3 aromatic rings. The molecule has 2 aromatic heterocycles. The normalized spacial score (nSPS) is 11.8. The first-order chi connectivity index (χ1) is 14.1. The third-order valence-corrected chi connectivity index (χ3v) is 5.21. The molecule has 0 bridgehead atoms. The van der Waals surface area contributed by atoms with Gasteiger partial charge >= 0.3 is 0 Å². The monoisotopic (exact) mass is 411 g/mol. The number of amides is 1. The van der Waals surface area contributed by atoms with Crippen molar-refractivity contribution in [1.82, 2.24) is 25.1 Å². The van der Waals surface area contributed by atoms with Gasteiger partial charge in [-0.05, 0) is 56.7 Å². The first kappa shape index (κ1) is 20.9. The Bertz CT molecular complexity index is 928. The van der Waals surface area contributed by atoms with Crippen molar-refractivity contribution in [1.29, 1.82) is 0 Å². The zero-order chi connectivity index (χ0) is 20.6. The molecule has 7 nitrogen and oxygen atoms in total. The van der Waals surface area contributed by atoms with Gasteiger partial charge < -0.3 is 10.1 Å². The number of carbonyl (C=O) groups is 1. The number of rotatable bonds is 9. The lowest BCUT2D eigenvalue weighted by molar-refractivity contribution is -0.119. The molecule has 152 valence electrons. The molecule has 1 N–H and O–H groups in total. The van der Waals surface area contributed by atoms with Gasteiger partial charge in [0.25, 0.3) is 0 Å². The zero-order valence-electron chi connectivity index (χ0n) is 16.8. The van der Waals surface area contributed by atoms with Crippen molar-refractivity contribution in [3.8, 4) is 23.0 Å². The van der Waals surface area contributed by atoms with Crippen molar-refractivity contribution in [3.05, 3.63) is 48.7 Å². The van der Waals surface area contributed by atoms with Gasteiger partial charge in [-0.25, -0.2) is 0 Å². The Hall–Kier alpha value is -2.87. The lowest BCUT2D eigenvalue weighted by Gasteiger charge is -2.12. The number of pyridine rings is 1. The standard InChI is InChI=1S/C21H25N5O2S/c1-4-15(3)23-19(27)14-29-21-25-24-20(18-8-6-7-13-22-18)26(21)16-9-11-17(12-10-16)28-5-2/h6-13,15H,4-5,14H2,1-3H3,(H,23,27)/t15-/m0/s1. The summed E-state index contributed by atoms with van der Waals surface area (Å²) in [5.74, 6) is 1.66. The fourth-order valence-electron chi connectivity index (χ4n) is 2.66. The minimum Gasteiger partial charge on any atom is -0.494 e. The summed E-state index contributed by atoms with van der Waals surface area (Å²) in [4.78, 5) is 16.6. The van der Waals surface area contributed by atoms with Crippen LogP contribution in [0.1, 0.15) is 27.2 Å². The number of carbonyl (C=O) groups excluding carboxylic acids is 1. The van der Waals surface area contributed by atoms with Crippen LogP contribution in [0.2, 0.25) is 0 Å². The Morgan fingerprint density at radius 2 is 1.97 bits per heavy atom. The molecule has 1 aromatic carbocycles. The molecule has 0 aliphatic carbocycles. The number of hydrogen-bond acceptors (Lipinski definition) is 6. The summed E-state index contributed by atoms with van der Waals surface area (Å²) in [7, 11) is 0. The molecular weight excluding hydrogens is 386 g/mol. The van der Waals surface area contributed by atoms with E-state index in [1.165, 1.54) is 11.8 Å². The summed E-state index contributed by atoms with van der Waals surface area (Å²) < 4.78 is 7.45. The first-order valence-electron chi connectivity index (χ1n) is 9.64. The Balaban J connectivity index is 1.90. The van der Waals surface area contributed by atoms with Gasteiger partial charge in [-0.1, -0.05) is 24.8 Å². The summed E-state index contributed by atoms with van der Waals surface area (Å²) in [6.45, 7) is 6.59. The van der Waals surface area contributed by atoms with E-state index in [0.29, 0.717) is 23.3 Å². The fourth-order valence-corrected chi connectivity index (χ4v) is 3.43. The molecule has 1 amide bonds. The molecule has 0 saturated heterocycles. The Labute approximate surface area is 174 Å². The van der Waals surface area contributed by atoms with Crippen molar-refractivity contribution in [3.63, 3.8) is 0 Å². The van der Waals surface area contributed by atoms with E-state index < -0.39 is 0 Å². The van der Waals surface area contributed by atoms with E-state index >= 15 is 0 Å². The second-order valence-electron chi connectivity index (χ2n) is 6.45. The second-order valence-corrected chi connectivity index (χ2v) is 7.39. The van der Waals surface area contributed by atoms with Gasteiger partial charge in [-0.2, -0.15) is 0 Å². The number of thioether (sulfide) groups is 1. The topological polar surface area (TPSA) is 81.9 Å². The predicted octanol–water partition coefficient (Wildman–Crippen LogP) is 3.73. The van der Waals surface area contributed by atoms with Crippen LogP contribution in [0, 0.1) is 0 Å². The van der Waals surface area contributed by atoms with Gasteiger partial charge in [0.15, 0.2) is 11.0 Å². The molecule has 0 aliphatic rings. The maximum Gasteiger partial charge on any atom is 0.230 e. The zero-order valence-corrected chi connectivity index (χ0v) is 17.6. The van der Waals surface area contributed by atoms with Crippen LogP contribution in [0.4, 0.5) is 0 Å². The van der Waals surface area contributed by atoms with E-state index in [4.69, 9.17) is 4.74 Å². The van der Waals surface area contributed by atoms with Crippen molar-refractivity contribution in [2.45, 2.75) is 38.4 Å². The van der Waals surface area contributed by atoms with Crippen LogP contribution < -0.4 is 10.1 Å². The Morgan fingerprint density at radius 1 is 1.17 bits per heavy atom. The average molecular weight is 412 g/mol. The largest absolute Gasteiger partial charge is 0.494 e. The summed E-state index contributed by atoms with van der Waals surface area (Å²) >= 11 is 1.35. The molecule has 3 rings (SSSR count). The van der Waals surface area contributed by atoms with Crippen LogP contribution in [0.5, 0.6) is 5.75 Å². The van der Waals surface area contributed by atoms with E-state index in [0.717, 1.165) is 17.9 Å². The minimum absolute atomic E-state index is 0.0232. The lowest BCUT2D eigenvalue weighted by Crippen LogP contribution is -2.33. The van der Waals surface area contributed by atoms with E-state index in [1.54, 1.807) is 6.20 Å². The summed E-state index contributed by atoms with van der Waals surface area (Å²) in [6, 6.07) is 13.5. The van der Waals surface area contributed by atoms with Crippen LogP contribution in [0.15, 0.2) is 53.8 Å². The number of hydrogen-bond donors (Lipinski definition) is 1. The SMILES string of the molecule is CCOc1ccc(-n2c(SCC(=O)N[C@@H](C)CC)nnc2-c2ccccn2)cc1. The van der Waals surface area contributed by atoms with Crippen molar-refractivity contribution in [2.75, 3.05) is 12.4 Å². The molecule has 2 heterocycles. The molecule has 29 heavy (non-hydrogen) atoms. The highest BCUT2D eigenvalue weighted by Gasteiger charge is 2.18. The predicted molar refractivity (Wildman–Crippen MR) is 114 cm³/mol. The van der Waals surface area contributed by atoms with E-state index in [9.17, 15) is 4.79 Å². The van der Waals surface area contributed by atoms with Crippen LogP contribution >= 0.6 is 11.8 Å². The summed E-state index contributed by atoms with van der Waals surface area (Å²) in [5.41, 5.74) is 1.59. The molecule has 0 spiro atoms. The highest BCUT2D eigenvalue weighted by atomic mass is 32.2. The van der Waals surface area contributed by atoms with Gasteiger partial charge in [-0.15, -0.1) is 10.2 Å². The molecule has 0 radical (unpaired) electrons. The molecular formula is C21H25N5O2S. The quantitative estimate of drug-likeness (QED) is 0.540. The van der Waals surface area contributed by atoms with Crippen molar-refractivity contribution >= 4 is 17.7 Å². The summed E-state index contributed by atoms with van der Waals surface area (Å²) in [5, 5.41) is 12.3. The number of benzene rings is 1. The molecule has 1 atom stereocenters. The van der Waals surface area contributed by atoms with Gasteiger partial charge in [0.2, 0.25) is 5.91 Å². The fraction of sp³-hybridized carbons (Fsp3) is 0.333. The van der Waals surface area contributed by atoms with Crippen molar-refractivity contribution < 1.29 is 9.53 Å². The van der Waals surface area contributed by atoms with Gasteiger partial charge in [-0.3, -0.25) is 14.3 Å². The Kier molecular flexibility index (Phi) is 7.24. The maximum absolute atomic E-state index is 12.2. The van der Waals surface area contributed by atoms with Crippen LogP contribution in [-0.4, -0.2) is 44.1 Å². The number of nitrogens with one attached hydrogen (secondary N) is 1. The smallest absolute Gasteiger partial charge is 0.230 e. The summed E-state index contributed by atoms with van der Waals surface area (Å²) in [6.07, 6.45) is 2.61. The number of nitrogens with zero attached hydrogens (tertiary/aromatic N) is 4. The number of aromatic nitrogens is 4. The van der Waals surface area contributed by atoms with Crippen LogP contribution in [-0.2, 0) is 4.79 Å².